The van der Waals surface area contributed by atoms with Gasteiger partial charge in [0.2, 0.25) is 5.78 Å². The van der Waals surface area contributed by atoms with Crippen LogP contribution in [0.15, 0.2) is 76.9 Å². The molecule has 0 heterocycles. The predicted molar refractivity (Wildman–Crippen MR) is 100.0 cm³/mol. The summed E-state index contributed by atoms with van der Waals surface area (Å²) in [6.07, 6.45) is 3.82. The van der Waals surface area contributed by atoms with E-state index in [1.165, 1.54) is 36.4 Å². The molecule has 6 nitrogen and oxygen atoms in total. The molecule has 0 saturated carbocycles. The first-order chi connectivity index (χ1) is 12.7. The van der Waals surface area contributed by atoms with Crippen molar-refractivity contribution in [1.29, 1.82) is 0 Å². The molecule has 0 aromatic heterocycles. The number of phenolic OH excluding ortho intramolecular Hbond substituents is 1. The Morgan fingerprint density at radius 3 is 2.33 bits per heavy atom. The molecule has 3 rings (SSSR count). The molecular weight excluding hydrogens is 368 g/mol. The average Bonchev–Trinajstić information content (AvgIpc) is 2.61. The van der Waals surface area contributed by atoms with E-state index in [2.05, 4.69) is 0 Å². The maximum atomic E-state index is 11.9. The van der Waals surface area contributed by atoms with Gasteiger partial charge in [-0.3, -0.25) is 9.35 Å². The molecule has 0 bridgehead atoms. The third-order valence-electron chi connectivity index (χ3n) is 4.18. The Kier molecular flexibility index (Phi) is 4.73. The third-order valence-corrected chi connectivity index (χ3v) is 5.09. The summed E-state index contributed by atoms with van der Waals surface area (Å²) in [6, 6.07) is 10.6. The number of rotatable bonds is 3. The van der Waals surface area contributed by atoms with Gasteiger partial charge in [-0.1, -0.05) is 36.4 Å². The van der Waals surface area contributed by atoms with Crippen molar-refractivity contribution in [2.45, 2.75) is 11.8 Å². The van der Waals surface area contributed by atoms with Crippen molar-refractivity contribution in [2.24, 2.45) is 0 Å². The molecule has 0 aliphatic heterocycles. The highest BCUT2D eigenvalue weighted by Gasteiger charge is 2.22. The van der Waals surface area contributed by atoms with Gasteiger partial charge in [0, 0.05) is 5.56 Å². The quantitative estimate of drug-likeness (QED) is 0.700. The lowest BCUT2D eigenvalue weighted by Crippen LogP contribution is -2.07. The number of allylic oxidation sites excluding steroid dienone is 4. The molecule has 0 atom stereocenters. The fourth-order valence-electron chi connectivity index (χ4n) is 2.81. The molecule has 0 unspecified atom stereocenters. The third kappa shape index (κ3) is 3.69. The van der Waals surface area contributed by atoms with E-state index < -0.39 is 21.7 Å². The standard InChI is InChI=1S/C20H16O6S/c1-12-6-7-13(10-17(12)22)20(14-8-9-16(21)18(23)11-14)15-4-2-3-5-19(15)27(24,25)26/h2-11,22-23H,1H3,(H,24,25,26)/b20-14+. The number of aliphatic hydroxyl groups is 1. The number of aliphatic hydroxyl groups excluding tert-OH is 1. The summed E-state index contributed by atoms with van der Waals surface area (Å²) in [7, 11) is -4.54. The number of benzene rings is 2. The van der Waals surface area contributed by atoms with Crippen LogP contribution in [0.25, 0.3) is 5.57 Å². The van der Waals surface area contributed by atoms with E-state index in [0.717, 1.165) is 6.08 Å². The van der Waals surface area contributed by atoms with Crippen LogP contribution in [0.2, 0.25) is 0 Å². The minimum absolute atomic E-state index is 0.000923. The summed E-state index contributed by atoms with van der Waals surface area (Å²) in [6.45, 7) is 1.71. The molecule has 2 aromatic carbocycles. The zero-order chi connectivity index (χ0) is 19.8. The smallest absolute Gasteiger partial charge is 0.295 e. The number of carbonyl (C=O) groups excluding carboxylic acids is 1. The SMILES string of the molecule is Cc1ccc(/C(=C2/C=CC(=O)C(O)=C2)c2ccccc2S(=O)(=O)O)cc1O. The molecule has 27 heavy (non-hydrogen) atoms. The zero-order valence-electron chi connectivity index (χ0n) is 14.2. The second-order valence-corrected chi connectivity index (χ2v) is 7.42. The number of aryl methyl sites for hydroxylation is 1. The Morgan fingerprint density at radius 1 is 1.00 bits per heavy atom. The highest BCUT2D eigenvalue weighted by Crippen LogP contribution is 2.35. The van der Waals surface area contributed by atoms with Gasteiger partial charge in [-0.05, 0) is 53.5 Å². The van der Waals surface area contributed by atoms with Gasteiger partial charge < -0.3 is 10.2 Å². The van der Waals surface area contributed by atoms with Crippen molar-refractivity contribution in [3.05, 3.63) is 88.7 Å². The lowest BCUT2D eigenvalue weighted by Gasteiger charge is -2.17. The topological polar surface area (TPSA) is 112 Å². The lowest BCUT2D eigenvalue weighted by molar-refractivity contribution is -0.113. The van der Waals surface area contributed by atoms with E-state index in [1.807, 2.05) is 0 Å². The Bertz CT molecular complexity index is 1140. The number of carbonyl (C=O) groups is 1. The van der Waals surface area contributed by atoms with Crippen LogP contribution in [0.3, 0.4) is 0 Å². The fourth-order valence-corrected chi connectivity index (χ4v) is 3.51. The molecule has 0 fully saturated rings. The number of phenols is 1. The molecule has 2 aromatic rings. The van der Waals surface area contributed by atoms with Crippen molar-refractivity contribution in [3.63, 3.8) is 0 Å². The summed E-state index contributed by atoms with van der Waals surface area (Å²) in [5, 5.41) is 19.9. The van der Waals surface area contributed by atoms with Gasteiger partial charge in [0.25, 0.3) is 10.1 Å². The van der Waals surface area contributed by atoms with Crippen molar-refractivity contribution < 1.29 is 28.0 Å². The summed E-state index contributed by atoms with van der Waals surface area (Å²) in [5.74, 6) is -1.07. The van der Waals surface area contributed by atoms with E-state index >= 15 is 0 Å². The van der Waals surface area contributed by atoms with Crippen molar-refractivity contribution in [3.8, 4) is 5.75 Å². The van der Waals surface area contributed by atoms with Gasteiger partial charge in [-0.25, -0.2) is 0 Å². The Balaban J connectivity index is 2.40. The fraction of sp³-hybridized carbons (Fsp3) is 0.0500. The largest absolute Gasteiger partial charge is 0.508 e. The molecule has 0 amide bonds. The highest BCUT2D eigenvalue weighted by atomic mass is 32.2. The highest BCUT2D eigenvalue weighted by molar-refractivity contribution is 7.86. The Hall–Kier alpha value is -3.16. The van der Waals surface area contributed by atoms with Gasteiger partial charge in [0.15, 0.2) is 5.76 Å². The molecule has 138 valence electrons. The molecule has 3 N–H and O–H groups in total. The van der Waals surface area contributed by atoms with Crippen LogP contribution in [0.4, 0.5) is 0 Å². The number of hydrogen-bond donors (Lipinski definition) is 3. The minimum atomic E-state index is -4.54. The van der Waals surface area contributed by atoms with E-state index in [-0.39, 0.29) is 16.2 Å². The maximum absolute atomic E-state index is 11.9. The van der Waals surface area contributed by atoms with Gasteiger partial charge in [-0.2, -0.15) is 8.42 Å². The summed E-state index contributed by atoms with van der Waals surface area (Å²) in [5.41, 5.74) is 1.92. The first-order valence-electron chi connectivity index (χ1n) is 7.92. The van der Waals surface area contributed by atoms with Crippen LogP contribution in [0.5, 0.6) is 5.75 Å². The Labute approximate surface area is 156 Å². The summed E-state index contributed by atoms with van der Waals surface area (Å²) in [4.78, 5) is 11.2. The molecule has 1 aliphatic carbocycles. The first-order valence-corrected chi connectivity index (χ1v) is 9.36. The lowest BCUT2D eigenvalue weighted by atomic mass is 9.90. The molecule has 0 spiro atoms. The van der Waals surface area contributed by atoms with Gasteiger partial charge in [-0.15, -0.1) is 0 Å². The van der Waals surface area contributed by atoms with Crippen LogP contribution in [-0.4, -0.2) is 29.0 Å². The van der Waals surface area contributed by atoms with Gasteiger partial charge in [0.05, 0.1) is 0 Å². The zero-order valence-corrected chi connectivity index (χ0v) is 15.1. The van der Waals surface area contributed by atoms with Crippen molar-refractivity contribution >= 4 is 21.5 Å². The van der Waals surface area contributed by atoms with Crippen LogP contribution < -0.4 is 0 Å². The second kappa shape index (κ2) is 6.86. The Morgan fingerprint density at radius 2 is 1.70 bits per heavy atom. The van der Waals surface area contributed by atoms with Crippen LogP contribution >= 0.6 is 0 Å². The number of ketones is 1. The van der Waals surface area contributed by atoms with E-state index in [1.54, 1.807) is 25.1 Å². The van der Waals surface area contributed by atoms with E-state index in [4.69, 9.17) is 0 Å². The minimum Gasteiger partial charge on any atom is -0.508 e. The molecule has 7 heteroatoms. The van der Waals surface area contributed by atoms with E-state index in [9.17, 15) is 28.0 Å². The molecule has 0 saturated heterocycles. The summed E-state index contributed by atoms with van der Waals surface area (Å²) < 4.78 is 33.3. The molecule has 0 radical (unpaired) electrons. The first kappa shape index (κ1) is 18.6. The van der Waals surface area contributed by atoms with E-state index in [0.29, 0.717) is 22.3 Å². The van der Waals surface area contributed by atoms with Crippen molar-refractivity contribution in [2.75, 3.05) is 0 Å². The second-order valence-electron chi connectivity index (χ2n) is 6.03. The van der Waals surface area contributed by atoms with Gasteiger partial charge >= 0.3 is 0 Å². The van der Waals surface area contributed by atoms with Crippen molar-refractivity contribution in [1.82, 2.24) is 0 Å². The predicted octanol–water partition coefficient (Wildman–Crippen LogP) is 3.33. The number of aromatic hydroxyl groups is 1. The normalized spacial score (nSPS) is 16.2. The average molecular weight is 384 g/mol. The molecular formula is C20H16O6S. The van der Waals surface area contributed by atoms with Crippen LogP contribution in [0.1, 0.15) is 16.7 Å². The molecule has 1 aliphatic rings. The monoisotopic (exact) mass is 384 g/mol. The number of hydrogen-bond acceptors (Lipinski definition) is 5. The van der Waals surface area contributed by atoms with Crippen LogP contribution in [0, 0.1) is 6.92 Å². The summed E-state index contributed by atoms with van der Waals surface area (Å²) >= 11 is 0. The van der Waals surface area contributed by atoms with Gasteiger partial charge in [0.1, 0.15) is 10.6 Å². The van der Waals surface area contributed by atoms with Crippen LogP contribution in [-0.2, 0) is 14.9 Å². The maximum Gasteiger partial charge on any atom is 0.295 e.